The highest BCUT2D eigenvalue weighted by molar-refractivity contribution is 14.0. The fraction of sp³-hybridized carbons (Fsp3) is 0.588. The molecule has 0 bridgehead atoms. The lowest BCUT2D eigenvalue weighted by Gasteiger charge is -2.24. The number of benzene rings is 1. The van der Waals surface area contributed by atoms with E-state index in [1.54, 1.807) is 14.2 Å². The number of ether oxygens (including phenoxy) is 2. The number of hydrogen-bond acceptors (Lipinski definition) is 4. The van der Waals surface area contributed by atoms with Gasteiger partial charge in [-0.1, -0.05) is 13.0 Å². The largest absolute Gasteiger partial charge is 0.493 e. The normalized spacial score (nSPS) is 13.9. The number of aliphatic imine (C=N–C) groups is 1. The van der Waals surface area contributed by atoms with Crippen molar-refractivity contribution >= 4 is 29.9 Å². The molecule has 24 heavy (non-hydrogen) atoms. The van der Waals surface area contributed by atoms with Crippen LogP contribution in [0.4, 0.5) is 0 Å². The van der Waals surface area contributed by atoms with Gasteiger partial charge < -0.3 is 25.4 Å². The number of rotatable bonds is 8. The Bertz CT molecular complexity index is 523. The summed E-state index contributed by atoms with van der Waals surface area (Å²) in [6, 6.07) is 6.34. The lowest BCUT2D eigenvalue weighted by molar-refractivity contribution is 0.303. The highest BCUT2D eigenvalue weighted by atomic mass is 127. The molecule has 138 valence electrons. The molecule has 1 rings (SSSR count). The summed E-state index contributed by atoms with van der Waals surface area (Å²) in [5.41, 5.74) is 7.06. The van der Waals surface area contributed by atoms with Crippen LogP contribution in [-0.2, 0) is 0 Å². The van der Waals surface area contributed by atoms with Crippen LogP contribution in [0.25, 0.3) is 0 Å². The van der Waals surface area contributed by atoms with Gasteiger partial charge in [0.05, 0.1) is 26.8 Å². The van der Waals surface area contributed by atoms with Crippen molar-refractivity contribution in [3.05, 3.63) is 23.8 Å². The van der Waals surface area contributed by atoms with E-state index in [1.165, 1.54) is 0 Å². The summed E-state index contributed by atoms with van der Waals surface area (Å²) in [7, 11) is 7.31. The molecular weight excluding hydrogens is 419 g/mol. The summed E-state index contributed by atoms with van der Waals surface area (Å²) in [5, 5.41) is 3.18. The Morgan fingerprint density at radius 1 is 1.25 bits per heavy atom. The Labute approximate surface area is 162 Å². The zero-order valence-electron chi connectivity index (χ0n) is 15.5. The average molecular weight is 450 g/mol. The number of likely N-dealkylation sites (N-methyl/N-ethyl adjacent to an activating group) is 1. The summed E-state index contributed by atoms with van der Waals surface area (Å²) in [6.45, 7) is 4.76. The van der Waals surface area contributed by atoms with Crippen LogP contribution in [0.2, 0.25) is 0 Å². The van der Waals surface area contributed by atoms with Gasteiger partial charge in [0.2, 0.25) is 0 Å². The molecular formula is C17H31IN4O2. The van der Waals surface area contributed by atoms with E-state index in [9.17, 15) is 0 Å². The zero-order valence-corrected chi connectivity index (χ0v) is 17.8. The minimum Gasteiger partial charge on any atom is -0.493 e. The van der Waals surface area contributed by atoms with E-state index in [4.69, 9.17) is 15.2 Å². The van der Waals surface area contributed by atoms with Gasteiger partial charge in [0.25, 0.3) is 0 Å². The van der Waals surface area contributed by atoms with Crippen molar-refractivity contribution < 1.29 is 9.47 Å². The first-order chi connectivity index (χ1) is 10.9. The molecule has 0 heterocycles. The molecule has 0 aliphatic heterocycles. The molecule has 0 aliphatic rings. The van der Waals surface area contributed by atoms with Gasteiger partial charge in [-0.05, 0) is 45.1 Å². The van der Waals surface area contributed by atoms with Gasteiger partial charge in [-0.15, -0.1) is 24.0 Å². The summed E-state index contributed by atoms with van der Waals surface area (Å²) < 4.78 is 10.7. The van der Waals surface area contributed by atoms with Crippen molar-refractivity contribution in [2.45, 2.75) is 32.4 Å². The molecule has 1 aromatic rings. The molecule has 6 nitrogen and oxygen atoms in total. The number of halogens is 1. The second-order valence-electron chi connectivity index (χ2n) is 5.77. The Hall–Kier alpha value is -1.22. The van der Waals surface area contributed by atoms with Gasteiger partial charge in [-0.3, -0.25) is 4.99 Å². The first-order valence-corrected chi connectivity index (χ1v) is 7.87. The fourth-order valence-electron chi connectivity index (χ4n) is 2.21. The van der Waals surface area contributed by atoms with E-state index in [0.29, 0.717) is 24.3 Å². The average Bonchev–Trinajstić information content (AvgIpc) is 2.54. The molecule has 0 aliphatic carbocycles. The minimum atomic E-state index is 0. The molecule has 3 N–H and O–H groups in total. The first-order valence-electron chi connectivity index (χ1n) is 7.87. The van der Waals surface area contributed by atoms with Crippen LogP contribution in [0.15, 0.2) is 23.2 Å². The second kappa shape index (κ2) is 11.4. The molecule has 0 amide bonds. The van der Waals surface area contributed by atoms with Crippen molar-refractivity contribution in [3.63, 3.8) is 0 Å². The number of nitrogens with zero attached hydrogens (tertiary/aromatic N) is 2. The van der Waals surface area contributed by atoms with Gasteiger partial charge in [-0.2, -0.15) is 0 Å². The van der Waals surface area contributed by atoms with Gasteiger partial charge in [0, 0.05) is 6.04 Å². The van der Waals surface area contributed by atoms with Crippen molar-refractivity contribution in [2.24, 2.45) is 10.7 Å². The smallest absolute Gasteiger partial charge is 0.188 e. The molecule has 7 heteroatoms. The monoisotopic (exact) mass is 450 g/mol. The van der Waals surface area contributed by atoms with Crippen molar-refractivity contribution in [3.8, 4) is 11.5 Å². The van der Waals surface area contributed by atoms with Gasteiger partial charge in [0.15, 0.2) is 17.5 Å². The number of methoxy groups -OCH3 is 2. The molecule has 0 saturated carbocycles. The van der Waals surface area contributed by atoms with Gasteiger partial charge in [0.1, 0.15) is 0 Å². The number of nitrogens with one attached hydrogen (secondary N) is 1. The fourth-order valence-corrected chi connectivity index (χ4v) is 2.21. The Morgan fingerprint density at radius 2 is 1.88 bits per heavy atom. The van der Waals surface area contributed by atoms with Crippen LogP contribution in [0.3, 0.4) is 0 Å². The van der Waals surface area contributed by atoms with E-state index in [2.05, 4.69) is 29.1 Å². The number of hydrogen-bond donors (Lipinski definition) is 2. The molecule has 0 radical (unpaired) electrons. The zero-order chi connectivity index (χ0) is 17.4. The minimum absolute atomic E-state index is 0. The van der Waals surface area contributed by atoms with Crippen molar-refractivity contribution in [1.82, 2.24) is 10.2 Å². The highest BCUT2D eigenvalue weighted by Gasteiger charge is 2.16. The van der Waals surface area contributed by atoms with Crippen LogP contribution in [0, 0.1) is 0 Å². The molecule has 0 saturated heterocycles. The first kappa shape index (κ1) is 22.8. The van der Waals surface area contributed by atoms with Crippen molar-refractivity contribution in [1.29, 1.82) is 0 Å². The maximum atomic E-state index is 5.95. The van der Waals surface area contributed by atoms with E-state index in [0.717, 1.165) is 17.7 Å². The maximum absolute atomic E-state index is 5.95. The summed E-state index contributed by atoms with van der Waals surface area (Å²) in [4.78, 5) is 6.59. The maximum Gasteiger partial charge on any atom is 0.188 e. The van der Waals surface area contributed by atoms with Crippen LogP contribution >= 0.6 is 24.0 Å². The SMILES string of the molecule is CCC(C)NC(N)=NCC(c1ccc(OC)c(OC)c1)N(C)C.I. The van der Waals surface area contributed by atoms with Crippen LogP contribution in [0.5, 0.6) is 11.5 Å². The summed E-state index contributed by atoms with van der Waals surface area (Å²) >= 11 is 0. The highest BCUT2D eigenvalue weighted by Crippen LogP contribution is 2.31. The Morgan fingerprint density at radius 3 is 2.38 bits per heavy atom. The second-order valence-corrected chi connectivity index (χ2v) is 5.77. The predicted molar refractivity (Wildman–Crippen MR) is 111 cm³/mol. The topological polar surface area (TPSA) is 72.1 Å². The van der Waals surface area contributed by atoms with Crippen LogP contribution < -0.4 is 20.5 Å². The van der Waals surface area contributed by atoms with E-state index in [-0.39, 0.29) is 30.0 Å². The predicted octanol–water partition coefficient (Wildman–Crippen LogP) is 2.63. The molecule has 2 atom stereocenters. The van der Waals surface area contributed by atoms with Gasteiger partial charge in [-0.25, -0.2) is 0 Å². The van der Waals surface area contributed by atoms with E-state index in [1.807, 2.05) is 32.3 Å². The summed E-state index contributed by atoms with van der Waals surface area (Å²) in [6.07, 6.45) is 1.00. The molecule has 1 aromatic carbocycles. The third-order valence-corrected chi connectivity index (χ3v) is 3.86. The van der Waals surface area contributed by atoms with Crippen LogP contribution in [-0.4, -0.2) is 51.8 Å². The van der Waals surface area contributed by atoms with E-state index < -0.39 is 0 Å². The molecule has 2 unspecified atom stereocenters. The van der Waals surface area contributed by atoms with Crippen LogP contribution in [0.1, 0.15) is 31.9 Å². The Balaban J connectivity index is 0.00000529. The van der Waals surface area contributed by atoms with E-state index >= 15 is 0 Å². The lowest BCUT2D eigenvalue weighted by atomic mass is 10.1. The Kier molecular flexibility index (Phi) is 10.8. The molecule has 0 fully saturated rings. The third-order valence-electron chi connectivity index (χ3n) is 3.86. The third kappa shape index (κ3) is 6.72. The molecule has 0 spiro atoms. The van der Waals surface area contributed by atoms with Crippen molar-refractivity contribution in [2.75, 3.05) is 34.9 Å². The quantitative estimate of drug-likeness (QED) is 0.362. The lowest BCUT2D eigenvalue weighted by Crippen LogP contribution is -2.38. The molecule has 0 aromatic heterocycles. The number of nitrogens with two attached hydrogens (primary N) is 1. The standard InChI is InChI=1S/C17H30N4O2.HI/c1-7-12(2)20-17(18)19-11-14(21(3)4)13-8-9-15(22-5)16(10-13)23-6;/h8-10,12,14H,7,11H2,1-6H3,(H3,18,19,20);1H. The summed E-state index contributed by atoms with van der Waals surface area (Å²) in [5.74, 6) is 1.91. The van der Waals surface area contributed by atoms with Gasteiger partial charge >= 0.3 is 0 Å². The number of guanidine groups is 1.